The van der Waals surface area contributed by atoms with Crippen LogP contribution in [0.15, 0.2) is 12.2 Å². The summed E-state index contributed by atoms with van der Waals surface area (Å²) >= 11 is 0. The number of carbonyl (C=O) groups is 2. The Bertz CT molecular complexity index is 457. The van der Waals surface area contributed by atoms with Gasteiger partial charge in [-0.15, -0.1) is 0 Å². The van der Waals surface area contributed by atoms with Gasteiger partial charge in [0.1, 0.15) is 5.54 Å². The van der Waals surface area contributed by atoms with Crippen LogP contribution in [0.2, 0.25) is 0 Å². The van der Waals surface area contributed by atoms with Crippen LogP contribution in [-0.4, -0.2) is 35.2 Å². The molecule has 21 heavy (non-hydrogen) atoms. The van der Waals surface area contributed by atoms with Gasteiger partial charge < -0.3 is 15.2 Å². The van der Waals surface area contributed by atoms with E-state index < -0.39 is 16.9 Å². The third-order valence-electron chi connectivity index (χ3n) is 5.11. The van der Waals surface area contributed by atoms with Gasteiger partial charge in [0, 0.05) is 24.4 Å². The van der Waals surface area contributed by atoms with E-state index in [2.05, 4.69) is 11.4 Å². The first-order valence-electron chi connectivity index (χ1n) is 7.67. The van der Waals surface area contributed by atoms with Gasteiger partial charge in [0.25, 0.3) is 0 Å². The summed E-state index contributed by atoms with van der Waals surface area (Å²) in [6.07, 6.45) is 6.61. The van der Waals surface area contributed by atoms with Gasteiger partial charge in [0.2, 0.25) is 5.91 Å². The Labute approximate surface area is 125 Å². The number of carbonyl (C=O) groups excluding carboxylic acids is 1. The van der Waals surface area contributed by atoms with Gasteiger partial charge in [-0.2, -0.15) is 0 Å². The molecule has 1 saturated carbocycles. The van der Waals surface area contributed by atoms with Crippen molar-refractivity contribution in [3.8, 4) is 0 Å². The zero-order chi connectivity index (χ0) is 15.7. The molecule has 5 nitrogen and oxygen atoms in total. The lowest BCUT2D eigenvalue weighted by molar-refractivity contribution is -0.195. The SMILES string of the molecule is CCOC1CC(NC(=O)C2CC=CCC2)(C(=O)O)C1(C)C. The number of aliphatic carboxylic acids is 1. The second-order valence-corrected chi connectivity index (χ2v) is 6.55. The molecular formula is C16H25NO4. The Morgan fingerprint density at radius 2 is 2.10 bits per heavy atom. The number of hydrogen-bond donors (Lipinski definition) is 2. The molecule has 2 N–H and O–H groups in total. The molecule has 0 saturated heterocycles. The van der Waals surface area contributed by atoms with Gasteiger partial charge in [-0.05, 0) is 26.2 Å². The van der Waals surface area contributed by atoms with E-state index >= 15 is 0 Å². The van der Waals surface area contributed by atoms with Crippen LogP contribution in [-0.2, 0) is 14.3 Å². The van der Waals surface area contributed by atoms with E-state index in [1.807, 2.05) is 26.8 Å². The molecular weight excluding hydrogens is 270 g/mol. The lowest BCUT2D eigenvalue weighted by Gasteiger charge is -2.58. The fraction of sp³-hybridized carbons (Fsp3) is 0.750. The Balaban J connectivity index is 2.12. The van der Waals surface area contributed by atoms with Crippen LogP contribution in [0.25, 0.3) is 0 Å². The van der Waals surface area contributed by atoms with E-state index in [0.717, 1.165) is 12.8 Å². The van der Waals surface area contributed by atoms with Crippen LogP contribution in [0.3, 0.4) is 0 Å². The summed E-state index contributed by atoms with van der Waals surface area (Å²) < 4.78 is 5.60. The third kappa shape index (κ3) is 2.59. The van der Waals surface area contributed by atoms with Gasteiger partial charge in [-0.3, -0.25) is 4.79 Å². The molecule has 0 aromatic rings. The summed E-state index contributed by atoms with van der Waals surface area (Å²) in [5.74, 6) is -1.24. The molecule has 2 aliphatic carbocycles. The highest BCUT2D eigenvalue weighted by Crippen LogP contribution is 2.51. The van der Waals surface area contributed by atoms with Crippen molar-refractivity contribution in [3.63, 3.8) is 0 Å². The van der Waals surface area contributed by atoms with Crippen molar-refractivity contribution < 1.29 is 19.4 Å². The Morgan fingerprint density at radius 1 is 1.38 bits per heavy atom. The van der Waals surface area contributed by atoms with Gasteiger partial charge in [0.15, 0.2) is 0 Å². The van der Waals surface area contributed by atoms with Crippen LogP contribution < -0.4 is 5.32 Å². The topological polar surface area (TPSA) is 75.6 Å². The maximum absolute atomic E-state index is 12.4. The van der Waals surface area contributed by atoms with Crippen LogP contribution in [0.1, 0.15) is 46.5 Å². The van der Waals surface area contributed by atoms with Crippen LogP contribution in [0.4, 0.5) is 0 Å². The first-order valence-corrected chi connectivity index (χ1v) is 7.67. The van der Waals surface area contributed by atoms with Crippen molar-refractivity contribution in [2.24, 2.45) is 11.3 Å². The second kappa shape index (κ2) is 5.79. The summed E-state index contributed by atoms with van der Waals surface area (Å²) in [5, 5.41) is 12.5. The van der Waals surface area contributed by atoms with Crippen LogP contribution >= 0.6 is 0 Å². The van der Waals surface area contributed by atoms with Crippen molar-refractivity contribution in [2.45, 2.75) is 58.1 Å². The Hall–Kier alpha value is -1.36. The summed E-state index contributed by atoms with van der Waals surface area (Å²) in [6, 6.07) is 0. The van der Waals surface area contributed by atoms with Crippen molar-refractivity contribution in [3.05, 3.63) is 12.2 Å². The molecule has 0 aromatic carbocycles. The number of rotatable bonds is 5. The number of amides is 1. The minimum atomic E-state index is -1.22. The lowest BCUT2D eigenvalue weighted by Crippen LogP contribution is -2.76. The molecule has 2 rings (SSSR count). The Kier molecular flexibility index (Phi) is 4.42. The van der Waals surface area contributed by atoms with Crippen molar-refractivity contribution in [1.29, 1.82) is 0 Å². The predicted molar refractivity (Wildman–Crippen MR) is 78.8 cm³/mol. The number of carboxylic acids is 1. The smallest absolute Gasteiger partial charge is 0.330 e. The molecule has 0 radical (unpaired) electrons. The summed E-state index contributed by atoms with van der Waals surface area (Å²) in [5.41, 5.74) is -1.83. The zero-order valence-corrected chi connectivity index (χ0v) is 13.0. The molecule has 0 aliphatic heterocycles. The average Bonchev–Trinajstić information content (AvgIpc) is 2.46. The minimum Gasteiger partial charge on any atom is -0.479 e. The quantitative estimate of drug-likeness (QED) is 0.762. The summed E-state index contributed by atoms with van der Waals surface area (Å²) in [6.45, 7) is 6.15. The molecule has 0 bridgehead atoms. The molecule has 118 valence electrons. The first kappa shape index (κ1) is 16.0. The zero-order valence-electron chi connectivity index (χ0n) is 13.0. The normalized spacial score (nSPS) is 34.0. The number of ether oxygens (including phenoxy) is 1. The van der Waals surface area contributed by atoms with E-state index in [4.69, 9.17) is 4.74 Å². The molecule has 1 fully saturated rings. The molecule has 5 heteroatoms. The fourth-order valence-corrected chi connectivity index (χ4v) is 3.38. The third-order valence-corrected chi connectivity index (χ3v) is 5.11. The monoisotopic (exact) mass is 295 g/mol. The van der Waals surface area contributed by atoms with Crippen LogP contribution in [0, 0.1) is 11.3 Å². The minimum absolute atomic E-state index is 0.117. The number of carboxylic acid groups (broad SMARTS) is 1. The molecule has 0 spiro atoms. The molecule has 0 aromatic heterocycles. The maximum atomic E-state index is 12.4. The van der Waals surface area contributed by atoms with E-state index in [-0.39, 0.29) is 17.9 Å². The van der Waals surface area contributed by atoms with Gasteiger partial charge in [0.05, 0.1) is 6.10 Å². The van der Waals surface area contributed by atoms with Crippen molar-refractivity contribution >= 4 is 11.9 Å². The van der Waals surface area contributed by atoms with E-state index in [1.165, 1.54) is 0 Å². The van der Waals surface area contributed by atoms with Crippen molar-refractivity contribution in [2.75, 3.05) is 6.61 Å². The highest BCUT2D eigenvalue weighted by atomic mass is 16.5. The lowest BCUT2D eigenvalue weighted by atomic mass is 9.54. The highest BCUT2D eigenvalue weighted by molar-refractivity contribution is 5.90. The number of allylic oxidation sites excluding steroid dienone is 2. The summed E-state index contributed by atoms with van der Waals surface area (Å²) in [7, 11) is 0. The van der Waals surface area contributed by atoms with Gasteiger partial charge in [-0.25, -0.2) is 4.79 Å². The van der Waals surface area contributed by atoms with E-state index in [0.29, 0.717) is 19.4 Å². The molecule has 0 heterocycles. The number of hydrogen-bond acceptors (Lipinski definition) is 3. The number of nitrogens with one attached hydrogen (secondary N) is 1. The first-order chi connectivity index (χ1) is 9.85. The molecule has 1 amide bonds. The van der Waals surface area contributed by atoms with Crippen LogP contribution in [0.5, 0.6) is 0 Å². The standard InChI is InChI=1S/C16H25NO4/c1-4-21-12-10-16(14(19)20,15(12,2)3)17-13(18)11-8-6-5-7-9-11/h5-6,11-12H,4,7-10H2,1-3H3,(H,17,18)(H,19,20). The predicted octanol–water partition coefficient (Wildman–Crippen LogP) is 2.12. The molecule has 2 aliphatic rings. The second-order valence-electron chi connectivity index (χ2n) is 6.55. The Morgan fingerprint density at radius 3 is 2.57 bits per heavy atom. The molecule has 3 atom stereocenters. The summed E-state index contributed by atoms with van der Waals surface area (Å²) in [4.78, 5) is 24.2. The largest absolute Gasteiger partial charge is 0.479 e. The van der Waals surface area contributed by atoms with Crippen molar-refractivity contribution in [1.82, 2.24) is 5.32 Å². The van der Waals surface area contributed by atoms with E-state index in [1.54, 1.807) is 0 Å². The fourth-order valence-electron chi connectivity index (χ4n) is 3.38. The van der Waals surface area contributed by atoms with E-state index in [9.17, 15) is 14.7 Å². The highest BCUT2D eigenvalue weighted by Gasteiger charge is 2.66. The van der Waals surface area contributed by atoms with Gasteiger partial charge in [-0.1, -0.05) is 26.0 Å². The maximum Gasteiger partial charge on any atom is 0.330 e. The average molecular weight is 295 g/mol. The molecule has 3 unspecified atom stereocenters. The van der Waals surface area contributed by atoms with Gasteiger partial charge >= 0.3 is 5.97 Å².